The van der Waals surface area contributed by atoms with Crippen LogP contribution in [0.4, 0.5) is 0 Å². The lowest BCUT2D eigenvalue weighted by Gasteiger charge is -2.03. The molecule has 0 rings (SSSR count). The molecule has 0 aromatic heterocycles. The fraction of sp³-hybridized carbons (Fsp3) is 0.0833. The van der Waals surface area contributed by atoms with Gasteiger partial charge in [0.15, 0.2) is 0 Å². The second kappa shape index (κ2) is 8.29. The van der Waals surface area contributed by atoms with Crippen molar-refractivity contribution in [2.75, 3.05) is 0 Å². The normalized spacial score (nSPS) is 13.6. The van der Waals surface area contributed by atoms with Crippen molar-refractivity contribution in [2.24, 2.45) is 4.99 Å². The molecule has 0 saturated carbocycles. The summed E-state index contributed by atoms with van der Waals surface area (Å²) in [7, 11) is -3.59. The molecule has 0 fully saturated rings. The van der Waals surface area contributed by atoms with E-state index in [1.165, 1.54) is 42.8 Å². The van der Waals surface area contributed by atoms with Crippen molar-refractivity contribution < 1.29 is 8.42 Å². The van der Waals surface area contributed by atoms with Crippen LogP contribution in [0, 0.1) is 0 Å². The van der Waals surface area contributed by atoms with Gasteiger partial charge >= 0.3 is 0 Å². The Morgan fingerprint density at radius 1 is 1.29 bits per heavy atom. The Kier molecular flexibility index (Phi) is 7.38. The average Bonchev–Trinajstić information content (AvgIpc) is 2.30. The van der Waals surface area contributed by atoms with Gasteiger partial charge in [-0.2, -0.15) is 0 Å². The van der Waals surface area contributed by atoms with Crippen molar-refractivity contribution in [1.29, 1.82) is 0 Å². The molecule has 0 aliphatic heterocycles. The van der Waals surface area contributed by atoms with Crippen molar-refractivity contribution in [3.05, 3.63) is 60.8 Å². The van der Waals surface area contributed by atoms with Crippen LogP contribution in [0.5, 0.6) is 0 Å². The summed E-state index contributed by atoms with van der Waals surface area (Å²) in [5, 5.41) is 0. The monoisotopic (exact) mass is 252 g/mol. The summed E-state index contributed by atoms with van der Waals surface area (Å²) in [4.78, 5) is 3.83. The quantitative estimate of drug-likeness (QED) is 0.558. The van der Waals surface area contributed by atoms with Crippen LogP contribution in [0.3, 0.4) is 0 Å². The molecule has 4 nitrogen and oxygen atoms in total. The molecule has 1 N–H and O–H groups in total. The summed E-state index contributed by atoms with van der Waals surface area (Å²) in [5.41, 5.74) is 0. The van der Waals surface area contributed by atoms with E-state index in [-0.39, 0.29) is 4.91 Å². The summed E-state index contributed by atoms with van der Waals surface area (Å²) in [6, 6.07) is 0. The van der Waals surface area contributed by atoms with Crippen LogP contribution in [-0.4, -0.2) is 14.6 Å². The van der Waals surface area contributed by atoms with Gasteiger partial charge in [-0.25, -0.2) is 8.42 Å². The van der Waals surface area contributed by atoms with E-state index in [4.69, 9.17) is 0 Å². The standard InChI is InChI=1S/C12H16N2O2S/c1-4-7-9-12(8-5-2)17(15,16)14-11-10-13-6-3/h4-11,14H,1-2H2,3H3/b9-7-,11-10-,12-8+,13-6-. The summed E-state index contributed by atoms with van der Waals surface area (Å²) in [5.74, 6) is 0. The number of hydrogen-bond donors (Lipinski definition) is 1. The van der Waals surface area contributed by atoms with Crippen LogP contribution in [0.1, 0.15) is 6.92 Å². The Labute approximate surface area is 103 Å². The lowest BCUT2D eigenvalue weighted by molar-refractivity contribution is 0.597. The number of aliphatic imine (C=N–C) groups is 1. The molecule has 0 heterocycles. The number of nitrogens with one attached hydrogen (secondary N) is 1. The fourth-order valence-electron chi connectivity index (χ4n) is 0.831. The van der Waals surface area contributed by atoms with Crippen LogP contribution < -0.4 is 4.72 Å². The molecule has 0 amide bonds. The third-order valence-corrected chi connectivity index (χ3v) is 2.86. The zero-order valence-corrected chi connectivity index (χ0v) is 10.5. The molecule has 0 radical (unpaired) electrons. The molecular formula is C12H16N2O2S. The van der Waals surface area contributed by atoms with Gasteiger partial charge in [0.25, 0.3) is 10.0 Å². The Morgan fingerprint density at radius 3 is 2.53 bits per heavy atom. The molecule has 0 aliphatic carbocycles. The summed E-state index contributed by atoms with van der Waals surface area (Å²) in [6.07, 6.45) is 11.4. The molecule has 17 heavy (non-hydrogen) atoms. The van der Waals surface area contributed by atoms with Crippen molar-refractivity contribution in [3.8, 4) is 0 Å². The minimum absolute atomic E-state index is 0.0949. The van der Waals surface area contributed by atoms with Gasteiger partial charge in [-0.3, -0.25) is 9.71 Å². The Hall–Kier alpha value is -1.88. The average molecular weight is 252 g/mol. The van der Waals surface area contributed by atoms with E-state index in [1.54, 1.807) is 13.1 Å². The van der Waals surface area contributed by atoms with E-state index >= 15 is 0 Å². The molecule has 0 saturated heterocycles. The van der Waals surface area contributed by atoms with Gasteiger partial charge in [0.2, 0.25) is 0 Å². The van der Waals surface area contributed by atoms with Gasteiger partial charge in [0, 0.05) is 18.6 Å². The maximum Gasteiger partial charge on any atom is 0.261 e. The number of hydrogen-bond acceptors (Lipinski definition) is 3. The fourth-order valence-corrected chi connectivity index (χ4v) is 1.74. The van der Waals surface area contributed by atoms with Crippen molar-refractivity contribution in [1.82, 2.24) is 4.72 Å². The molecule has 0 bridgehead atoms. The highest BCUT2D eigenvalue weighted by Gasteiger charge is 2.11. The third kappa shape index (κ3) is 6.32. The first kappa shape index (κ1) is 15.1. The predicted molar refractivity (Wildman–Crippen MR) is 73.0 cm³/mol. The number of allylic oxidation sites excluding steroid dienone is 5. The molecular weight excluding hydrogens is 236 g/mol. The van der Waals surface area contributed by atoms with E-state index in [0.717, 1.165) is 0 Å². The Balaban J connectivity index is 4.98. The third-order valence-electron chi connectivity index (χ3n) is 1.52. The van der Waals surface area contributed by atoms with Gasteiger partial charge in [0.1, 0.15) is 0 Å². The second-order valence-electron chi connectivity index (χ2n) is 2.74. The maximum absolute atomic E-state index is 11.8. The highest BCUT2D eigenvalue weighted by atomic mass is 32.2. The van der Waals surface area contributed by atoms with E-state index in [1.807, 2.05) is 0 Å². The highest BCUT2D eigenvalue weighted by molar-refractivity contribution is 7.93. The molecule has 0 aliphatic rings. The SMILES string of the molecule is C=C/C=C\C(=C/C=C)S(=O)(=O)N/C=C\N=C/C. The van der Waals surface area contributed by atoms with Crippen molar-refractivity contribution >= 4 is 16.2 Å². The van der Waals surface area contributed by atoms with Crippen LogP contribution >= 0.6 is 0 Å². The Bertz CT molecular complexity index is 469. The highest BCUT2D eigenvalue weighted by Crippen LogP contribution is 2.06. The first-order valence-electron chi connectivity index (χ1n) is 4.85. The van der Waals surface area contributed by atoms with Crippen LogP contribution in [-0.2, 0) is 10.0 Å². The molecule has 0 aromatic rings. The summed E-state index contributed by atoms with van der Waals surface area (Å²) in [6.45, 7) is 8.67. The van der Waals surface area contributed by atoms with Gasteiger partial charge in [-0.05, 0) is 19.1 Å². The zero-order chi connectivity index (χ0) is 13.1. The van der Waals surface area contributed by atoms with Gasteiger partial charge in [-0.15, -0.1) is 0 Å². The molecule has 92 valence electrons. The largest absolute Gasteiger partial charge is 0.285 e. The van der Waals surface area contributed by atoms with E-state index < -0.39 is 10.0 Å². The van der Waals surface area contributed by atoms with E-state index in [0.29, 0.717) is 0 Å². The first-order chi connectivity index (χ1) is 8.08. The minimum atomic E-state index is -3.59. The molecule has 0 aromatic carbocycles. The molecule has 0 atom stereocenters. The van der Waals surface area contributed by atoms with Crippen molar-refractivity contribution in [3.63, 3.8) is 0 Å². The van der Waals surface area contributed by atoms with Crippen LogP contribution in [0.15, 0.2) is 65.8 Å². The summed E-state index contributed by atoms with van der Waals surface area (Å²) >= 11 is 0. The van der Waals surface area contributed by atoms with Gasteiger partial charge in [-0.1, -0.05) is 31.4 Å². The molecule has 5 heteroatoms. The van der Waals surface area contributed by atoms with E-state index in [9.17, 15) is 8.42 Å². The van der Waals surface area contributed by atoms with Crippen molar-refractivity contribution in [2.45, 2.75) is 6.92 Å². The lowest BCUT2D eigenvalue weighted by Crippen LogP contribution is -2.18. The lowest BCUT2D eigenvalue weighted by atomic mass is 10.4. The topological polar surface area (TPSA) is 58.5 Å². The summed E-state index contributed by atoms with van der Waals surface area (Å²) < 4.78 is 25.8. The zero-order valence-electron chi connectivity index (χ0n) is 9.70. The number of sulfonamides is 1. The van der Waals surface area contributed by atoms with Gasteiger partial charge in [0.05, 0.1) is 4.91 Å². The van der Waals surface area contributed by atoms with Crippen LogP contribution in [0.2, 0.25) is 0 Å². The second-order valence-corrected chi connectivity index (χ2v) is 4.46. The number of nitrogens with zero attached hydrogens (tertiary/aromatic N) is 1. The molecule has 0 spiro atoms. The van der Waals surface area contributed by atoms with E-state index in [2.05, 4.69) is 22.9 Å². The first-order valence-corrected chi connectivity index (χ1v) is 6.33. The van der Waals surface area contributed by atoms with Crippen LogP contribution in [0.25, 0.3) is 0 Å². The smallest absolute Gasteiger partial charge is 0.261 e. The maximum atomic E-state index is 11.8. The van der Waals surface area contributed by atoms with Gasteiger partial charge < -0.3 is 0 Å². The molecule has 0 unspecified atom stereocenters. The number of rotatable bonds is 7. The minimum Gasteiger partial charge on any atom is -0.285 e. The Morgan fingerprint density at radius 2 is 2.00 bits per heavy atom. The predicted octanol–water partition coefficient (Wildman–Crippen LogP) is 2.28.